The first kappa shape index (κ1) is 12.5. The third kappa shape index (κ3) is 1.87. The van der Waals surface area contributed by atoms with Crippen molar-refractivity contribution in [3.8, 4) is 0 Å². The van der Waals surface area contributed by atoms with Crippen LogP contribution >= 0.6 is 11.6 Å². The van der Waals surface area contributed by atoms with Crippen LogP contribution in [0.25, 0.3) is 0 Å². The van der Waals surface area contributed by atoms with Gasteiger partial charge in [-0.05, 0) is 42.7 Å². The second kappa shape index (κ2) is 4.52. The van der Waals surface area contributed by atoms with Crippen molar-refractivity contribution in [3.05, 3.63) is 34.9 Å². The lowest BCUT2D eigenvalue weighted by Crippen LogP contribution is -2.55. The van der Waals surface area contributed by atoms with E-state index in [1.54, 1.807) is 0 Å². The minimum atomic E-state index is 0.107. The maximum Gasteiger partial charge on any atom is 0.0471 e. The Bertz CT molecular complexity index is 432. The minimum absolute atomic E-state index is 0.107. The molecule has 2 aliphatic rings. The maximum absolute atomic E-state index is 6.35. The number of rotatable bonds is 2. The van der Waals surface area contributed by atoms with Crippen molar-refractivity contribution in [1.82, 2.24) is 0 Å². The Hall–Kier alpha value is -0.570. The van der Waals surface area contributed by atoms with Gasteiger partial charge in [0.25, 0.3) is 0 Å². The van der Waals surface area contributed by atoms with Gasteiger partial charge in [-0.15, -0.1) is 0 Å². The van der Waals surface area contributed by atoms with Gasteiger partial charge in [0.15, 0.2) is 0 Å². The van der Waals surface area contributed by atoms with E-state index < -0.39 is 0 Å². The summed E-state index contributed by atoms with van der Waals surface area (Å²) in [6.45, 7) is 2.51. The molecule has 3 heteroatoms. The maximum atomic E-state index is 6.35. The molecule has 2 N–H and O–H groups in total. The van der Waals surface area contributed by atoms with Crippen molar-refractivity contribution in [3.63, 3.8) is 0 Å². The summed E-state index contributed by atoms with van der Waals surface area (Å²) in [5.41, 5.74) is 7.89. The van der Waals surface area contributed by atoms with Crippen LogP contribution in [0.3, 0.4) is 0 Å². The lowest BCUT2D eigenvalue weighted by molar-refractivity contribution is -0.0714. The molecule has 2 nitrogen and oxygen atoms in total. The normalized spacial score (nSPS) is 24.8. The molecule has 0 aromatic heterocycles. The SMILES string of the molecule is NCC1(c2ccccc2Cl)CC2(CCOCC2)C1. The highest BCUT2D eigenvalue weighted by Gasteiger charge is 2.55. The zero-order chi connectivity index (χ0) is 12.6. The quantitative estimate of drug-likeness (QED) is 0.892. The van der Waals surface area contributed by atoms with Gasteiger partial charge in [-0.25, -0.2) is 0 Å². The van der Waals surface area contributed by atoms with Gasteiger partial charge in [0, 0.05) is 30.2 Å². The number of hydrogen-bond donors (Lipinski definition) is 1. The predicted octanol–water partition coefficient (Wildman–Crippen LogP) is 3.13. The largest absolute Gasteiger partial charge is 0.381 e. The van der Waals surface area contributed by atoms with Gasteiger partial charge >= 0.3 is 0 Å². The number of ether oxygens (including phenoxy) is 1. The van der Waals surface area contributed by atoms with Gasteiger partial charge in [0.1, 0.15) is 0 Å². The molecule has 1 aliphatic carbocycles. The van der Waals surface area contributed by atoms with E-state index >= 15 is 0 Å². The van der Waals surface area contributed by atoms with Crippen LogP contribution in [-0.2, 0) is 10.2 Å². The van der Waals surface area contributed by atoms with Gasteiger partial charge in [-0.2, -0.15) is 0 Å². The summed E-state index contributed by atoms with van der Waals surface area (Å²) >= 11 is 6.35. The molecule has 0 atom stereocenters. The Morgan fingerprint density at radius 1 is 1.17 bits per heavy atom. The summed E-state index contributed by atoms with van der Waals surface area (Å²) < 4.78 is 5.47. The van der Waals surface area contributed by atoms with Crippen LogP contribution in [0.2, 0.25) is 5.02 Å². The Morgan fingerprint density at radius 3 is 2.44 bits per heavy atom. The van der Waals surface area contributed by atoms with E-state index in [-0.39, 0.29) is 5.41 Å². The monoisotopic (exact) mass is 265 g/mol. The molecule has 0 amide bonds. The molecule has 1 saturated heterocycles. The summed E-state index contributed by atoms with van der Waals surface area (Å²) in [5, 5.41) is 0.866. The van der Waals surface area contributed by atoms with Crippen LogP contribution in [-0.4, -0.2) is 19.8 Å². The molecule has 2 fully saturated rings. The number of nitrogens with two attached hydrogens (primary N) is 1. The van der Waals surface area contributed by atoms with Crippen molar-refractivity contribution in [2.75, 3.05) is 19.8 Å². The van der Waals surface area contributed by atoms with Crippen molar-refractivity contribution in [1.29, 1.82) is 0 Å². The summed E-state index contributed by atoms with van der Waals surface area (Å²) in [7, 11) is 0. The standard InChI is InChI=1S/C15H20ClNO/c16-13-4-2-1-3-12(13)15(11-17)9-14(10-15)5-7-18-8-6-14/h1-4H,5-11,17H2. The molecule has 98 valence electrons. The Labute approximate surface area is 113 Å². The molecule has 18 heavy (non-hydrogen) atoms. The number of halogens is 1. The summed E-state index contributed by atoms with van der Waals surface area (Å²) in [6.07, 6.45) is 4.70. The van der Waals surface area contributed by atoms with Crippen LogP contribution in [0.4, 0.5) is 0 Å². The molecule has 0 radical (unpaired) electrons. The van der Waals surface area contributed by atoms with Crippen molar-refractivity contribution < 1.29 is 4.74 Å². The zero-order valence-electron chi connectivity index (χ0n) is 10.6. The van der Waals surface area contributed by atoms with Crippen LogP contribution in [0.5, 0.6) is 0 Å². The Kier molecular flexibility index (Phi) is 3.13. The first-order valence-electron chi connectivity index (χ1n) is 6.73. The summed E-state index contributed by atoms with van der Waals surface area (Å²) in [6, 6.07) is 8.16. The molecular weight excluding hydrogens is 246 g/mol. The van der Waals surface area contributed by atoms with Crippen LogP contribution in [0.15, 0.2) is 24.3 Å². The topological polar surface area (TPSA) is 35.2 Å². The Balaban J connectivity index is 1.84. The van der Waals surface area contributed by atoms with Gasteiger partial charge in [-0.1, -0.05) is 29.8 Å². The predicted molar refractivity (Wildman–Crippen MR) is 73.9 cm³/mol. The summed E-state index contributed by atoms with van der Waals surface area (Å²) in [4.78, 5) is 0. The first-order valence-corrected chi connectivity index (χ1v) is 7.10. The van der Waals surface area contributed by atoms with Gasteiger partial charge in [-0.3, -0.25) is 0 Å². The van der Waals surface area contributed by atoms with Crippen LogP contribution in [0.1, 0.15) is 31.2 Å². The second-order valence-corrected chi connectivity index (χ2v) is 6.34. The highest BCUT2D eigenvalue weighted by molar-refractivity contribution is 6.31. The number of hydrogen-bond acceptors (Lipinski definition) is 2. The van der Waals surface area contributed by atoms with E-state index in [4.69, 9.17) is 22.1 Å². The van der Waals surface area contributed by atoms with Gasteiger partial charge in [0.05, 0.1) is 0 Å². The fraction of sp³-hybridized carbons (Fsp3) is 0.600. The van der Waals surface area contributed by atoms with E-state index in [9.17, 15) is 0 Å². The molecule has 1 aromatic rings. The Morgan fingerprint density at radius 2 is 1.83 bits per heavy atom. The molecule has 1 heterocycles. The first-order chi connectivity index (χ1) is 8.70. The molecule has 0 bridgehead atoms. The smallest absolute Gasteiger partial charge is 0.0471 e. The van der Waals surface area contributed by atoms with Crippen molar-refractivity contribution in [2.45, 2.75) is 31.1 Å². The molecular formula is C15H20ClNO. The average Bonchev–Trinajstić information content (AvgIpc) is 2.37. The van der Waals surface area contributed by atoms with Crippen LogP contribution < -0.4 is 5.73 Å². The van der Waals surface area contributed by atoms with E-state index in [1.807, 2.05) is 12.1 Å². The highest BCUT2D eigenvalue weighted by atomic mass is 35.5. The van der Waals surface area contributed by atoms with E-state index in [1.165, 1.54) is 31.2 Å². The molecule has 1 aromatic carbocycles. The third-order valence-electron chi connectivity index (χ3n) is 4.82. The summed E-state index contributed by atoms with van der Waals surface area (Å²) in [5.74, 6) is 0. The fourth-order valence-electron chi connectivity index (χ4n) is 3.88. The number of benzene rings is 1. The average molecular weight is 266 g/mol. The molecule has 0 unspecified atom stereocenters. The lowest BCUT2D eigenvalue weighted by atomic mass is 9.48. The molecule has 3 rings (SSSR count). The minimum Gasteiger partial charge on any atom is -0.381 e. The fourth-order valence-corrected chi connectivity index (χ4v) is 4.21. The van der Waals surface area contributed by atoms with Crippen molar-refractivity contribution in [2.24, 2.45) is 11.1 Å². The lowest BCUT2D eigenvalue weighted by Gasteiger charge is -2.58. The third-order valence-corrected chi connectivity index (χ3v) is 5.15. The molecule has 1 saturated carbocycles. The second-order valence-electron chi connectivity index (χ2n) is 5.93. The van der Waals surface area contributed by atoms with E-state index in [2.05, 4.69) is 12.1 Å². The molecule has 1 spiro atoms. The van der Waals surface area contributed by atoms with Gasteiger partial charge in [0.2, 0.25) is 0 Å². The highest BCUT2D eigenvalue weighted by Crippen LogP contribution is 2.60. The molecule has 1 aliphatic heterocycles. The van der Waals surface area contributed by atoms with E-state index in [0.717, 1.165) is 18.2 Å². The van der Waals surface area contributed by atoms with Crippen LogP contribution in [0, 0.1) is 5.41 Å². The van der Waals surface area contributed by atoms with Gasteiger partial charge < -0.3 is 10.5 Å². The van der Waals surface area contributed by atoms with E-state index in [0.29, 0.717) is 12.0 Å². The van der Waals surface area contributed by atoms with Crippen molar-refractivity contribution >= 4 is 11.6 Å². The zero-order valence-corrected chi connectivity index (χ0v) is 11.4.